The highest BCUT2D eigenvalue weighted by atomic mass is 35.5. The van der Waals surface area contributed by atoms with Crippen LogP contribution in [-0.4, -0.2) is 12.6 Å². The zero-order valence-electron chi connectivity index (χ0n) is 13.0. The van der Waals surface area contributed by atoms with E-state index in [4.69, 9.17) is 11.6 Å². The normalized spacial score (nSPS) is 17.3. The molecule has 0 radical (unpaired) electrons. The molecule has 21 heavy (non-hydrogen) atoms. The second-order valence-electron chi connectivity index (χ2n) is 6.32. The Bertz CT molecular complexity index is 429. The second-order valence-corrected chi connectivity index (χ2v) is 6.73. The summed E-state index contributed by atoms with van der Waals surface area (Å²) in [6.07, 6.45) is 9.97. The Morgan fingerprint density at radius 3 is 2.81 bits per heavy atom. The molecule has 2 rings (SSSR count). The maximum Gasteiger partial charge on any atom is 0.123 e. The van der Waals surface area contributed by atoms with Gasteiger partial charge in [-0.2, -0.15) is 0 Å². The molecule has 1 aromatic carbocycles. The number of nitrogens with one attached hydrogen (secondary N) is 1. The summed E-state index contributed by atoms with van der Waals surface area (Å²) >= 11 is 6.21. The van der Waals surface area contributed by atoms with Crippen molar-refractivity contribution in [3.63, 3.8) is 0 Å². The van der Waals surface area contributed by atoms with Gasteiger partial charge in [-0.3, -0.25) is 0 Å². The van der Waals surface area contributed by atoms with E-state index in [9.17, 15) is 4.39 Å². The topological polar surface area (TPSA) is 12.0 Å². The summed E-state index contributed by atoms with van der Waals surface area (Å²) in [5.41, 5.74) is 0.927. The maximum atomic E-state index is 13.4. The summed E-state index contributed by atoms with van der Waals surface area (Å²) in [4.78, 5) is 0. The molecule has 0 aliphatic heterocycles. The standard InChI is InChI=1S/C18H27ClFN/c1-2-11-21-17(9-7-14-5-3-4-6-14)13-15-12-16(20)8-10-18(15)19/h8,10,12,14,17,21H,2-7,9,11,13H2,1H3. The van der Waals surface area contributed by atoms with E-state index in [2.05, 4.69) is 12.2 Å². The van der Waals surface area contributed by atoms with E-state index in [0.29, 0.717) is 11.1 Å². The molecule has 0 spiro atoms. The molecule has 1 saturated carbocycles. The van der Waals surface area contributed by atoms with Crippen molar-refractivity contribution < 1.29 is 4.39 Å². The minimum Gasteiger partial charge on any atom is -0.314 e. The number of rotatable bonds is 8. The van der Waals surface area contributed by atoms with Crippen molar-refractivity contribution in [2.75, 3.05) is 6.54 Å². The molecule has 3 heteroatoms. The van der Waals surface area contributed by atoms with E-state index in [1.807, 2.05) is 0 Å². The molecule has 1 unspecified atom stereocenters. The van der Waals surface area contributed by atoms with Crippen LogP contribution in [0.3, 0.4) is 0 Å². The average Bonchev–Trinajstić information content (AvgIpc) is 2.99. The molecule has 1 nitrogen and oxygen atoms in total. The molecule has 0 heterocycles. The van der Waals surface area contributed by atoms with E-state index in [0.717, 1.165) is 37.3 Å². The van der Waals surface area contributed by atoms with Crippen LogP contribution in [0.15, 0.2) is 18.2 Å². The van der Waals surface area contributed by atoms with Crippen LogP contribution >= 0.6 is 11.6 Å². The van der Waals surface area contributed by atoms with Gasteiger partial charge in [0, 0.05) is 11.1 Å². The van der Waals surface area contributed by atoms with Gasteiger partial charge in [0.15, 0.2) is 0 Å². The number of halogens is 2. The fourth-order valence-corrected chi connectivity index (χ4v) is 3.52. The average molecular weight is 312 g/mol. The van der Waals surface area contributed by atoms with Gasteiger partial charge < -0.3 is 5.32 Å². The van der Waals surface area contributed by atoms with Crippen molar-refractivity contribution in [1.82, 2.24) is 5.32 Å². The van der Waals surface area contributed by atoms with Gasteiger partial charge >= 0.3 is 0 Å². The van der Waals surface area contributed by atoms with E-state index >= 15 is 0 Å². The fraction of sp³-hybridized carbons (Fsp3) is 0.667. The lowest BCUT2D eigenvalue weighted by Gasteiger charge is -2.21. The highest BCUT2D eigenvalue weighted by Crippen LogP contribution is 2.29. The first-order valence-corrected chi connectivity index (χ1v) is 8.74. The van der Waals surface area contributed by atoms with Crippen LogP contribution in [0, 0.1) is 11.7 Å². The zero-order chi connectivity index (χ0) is 15.1. The third kappa shape index (κ3) is 5.60. The molecule has 1 N–H and O–H groups in total. The summed E-state index contributed by atoms with van der Waals surface area (Å²) in [5.74, 6) is 0.707. The predicted octanol–water partition coefficient (Wildman–Crippen LogP) is 5.36. The van der Waals surface area contributed by atoms with Crippen LogP contribution in [0.1, 0.15) is 57.4 Å². The van der Waals surface area contributed by atoms with Gasteiger partial charge in [-0.15, -0.1) is 0 Å². The van der Waals surface area contributed by atoms with Crippen molar-refractivity contribution in [1.29, 1.82) is 0 Å². The molecule has 0 amide bonds. The van der Waals surface area contributed by atoms with Gasteiger partial charge in [-0.1, -0.05) is 44.2 Å². The summed E-state index contributed by atoms with van der Waals surface area (Å²) in [6.45, 7) is 3.19. The first-order chi connectivity index (χ1) is 10.2. The summed E-state index contributed by atoms with van der Waals surface area (Å²) in [5, 5.41) is 4.29. The van der Waals surface area contributed by atoms with Crippen molar-refractivity contribution >= 4 is 11.6 Å². The fourth-order valence-electron chi connectivity index (χ4n) is 3.33. The molecular formula is C18H27ClFN. The third-order valence-electron chi connectivity index (χ3n) is 4.56. The van der Waals surface area contributed by atoms with Gasteiger partial charge in [-0.25, -0.2) is 4.39 Å². The van der Waals surface area contributed by atoms with Crippen molar-refractivity contribution in [2.24, 2.45) is 5.92 Å². The van der Waals surface area contributed by atoms with Crippen LogP contribution in [-0.2, 0) is 6.42 Å². The molecule has 0 saturated heterocycles. The Morgan fingerprint density at radius 1 is 1.33 bits per heavy atom. The molecule has 118 valence electrons. The number of benzene rings is 1. The monoisotopic (exact) mass is 311 g/mol. The molecule has 0 bridgehead atoms. The summed E-state index contributed by atoms with van der Waals surface area (Å²) in [7, 11) is 0. The zero-order valence-corrected chi connectivity index (χ0v) is 13.8. The Labute approximate surface area is 133 Å². The van der Waals surface area contributed by atoms with Crippen molar-refractivity contribution in [3.05, 3.63) is 34.6 Å². The lowest BCUT2D eigenvalue weighted by Crippen LogP contribution is -2.32. The summed E-state index contributed by atoms with van der Waals surface area (Å²) < 4.78 is 13.4. The van der Waals surface area contributed by atoms with Crippen molar-refractivity contribution in [3.8, 4) is 0 Å². The van der Waals surface area contributed by atoms with Gasteiger partial charge in [0.2, 0.25) is 0 Å². The Kier molecular flexibility index (Phi) is 6.98. The number of hydrogen-bond acceptors (Lipinski definition) is 1. The molecule has 1 aliphatic carbocycles. The molecule has 1 atom stereocenters. The quantitative estimate of drug-likeness (QED) is 0.681. The highest BCUT2D eigenvalue weighted by Gasteiger charge is 2.18. The van der Waals surface area contributed by atoms with Crippen LogP contribution in [0.25, 0.3) is 0 Å². The first-order valence-electron chi connectivity index (χ1n) is 8.36. The van der Waals surface area contributed by atoms with E-state index in [1.165, 1.54) is 38.2 Å². The SMILES string of the molecule is CCCNC(CCC1CCCC1)Cc1cc(F)ccc1Cl. The lowest BCUT2D eigenvalue weighted by atomic mass is 9.95. The second kappa shape index (κ2) is 8.75. The van der Waals surface area contributed by atoms with Gasteiger partial charge in [0.25, 0.3) is 0 Å². The van der Waals surface area contributed by atoms with Crippen LogP contribution < -0.4 is 5.32 Å². The van der Waals surface area contributed by atoms with E-state index in [1.54, 1.807) is 12.1 Å². The van der Waals surface area contributed by atoms with Crippen LogP contribution in [0.2, 0.25) is 5.02 Å². The number of hydrogen-bond donors (Lipinski definition) is 1. The molecule has 1 aromatic rings. The van der Waals surface area contributed by atoms with Gasteiger partial charge in [0.05, 0.1) is 0 Å². The smallest absolute Gasteiger partial charge is 0.123 e. The molecule has 1 aliphatic rings. The van der Waals surface area contributed by atoms with E-state index < -0.39 is 0 Å². The van der Waals surface area contributed by atoms with Gasteiger partial charge in [0.1, 0.15) is 5.82 Å². The molecule has 1 fully saturated rings. The summed E-state index contributed by atoms with van der Waals surface area (Å²) in [6, 6.07) is 5.09. The minimum atomic E-state index is -0.195. The van der Waals surface area contributed by atoms with E-state index in [-0.39, 0.29) is 5.82 Å². The minimum absolute atomic E-state index is 0.195. The van der Waals surface area contributed by atoms with Crippen LogP contribution in [0.4, 0.5) is 4.39 Å². The van der Waals surface area contributed by atoms with Crippen molar-refractivity contribution in [2.45, 2.75) is 64.3 Å². The molecule has 0 aromatic heterocycles. The molecular weight excluding hydrogens is 285 g/mol. The third-order valence-corrected chi connectivity index (χ3v) is 4.92. The largest absolute Gasteiger partial charge is 0.314 e. The van der Waals surface area contributed by atoms with Crippen LogP contribution in [0.5, 0.6) is 0 Å². The first kappa shape index (κ1) is 16.8. The Hall–Kier alpha value is -0.600. The predicted molar refractivity (Wildman–Crippen MR) is 88.4 cm³/mol. The maximum absolute atomic E-state index is 13.4. The van der Waals surface area contributed by atoms with Gasteiger partial charge in [-0.05, 0) is 61.9 Å². The Morgan fingerprint density at radius 2 is 2.10 bits per heavy atom. The Balaban J connectivity index is 1.92. The lowest BCUT2D eigenvalue weighted by molar-refractivity contribution is 0.402. The highest BCUT2D eigenvalue weighted by molar-refractivity contribution is 6.31.